The summed E-state index contributed by atoms with van der Waals surface area (Å²) in [6.07, 6.45) is -1.23. The molecule has 1 unspecified atom stereocenters. The zero-order chi connectivity index (χ0) is 23.3. The average molecular weight is 471 g/mol. The lowest BCUT2D eigenvalue weighted by Crippen LogP contribution is -2.50. The highest BCUT2D eigenvalue weighted by molar-refractivity contribution is 7.80. The number of rotatable bonds is 7. The maximum Gasteiger partial charge on any atom is 0.416 e. The van der Waals surface area contributed by atoms with Crippen LogP contribution in [0.4, 0.5) is 20.6 Å². The Hall–Kier alpha value is -2.70. The monoisotopic (exact) mass is 470 g/mol. The highest BCUT2D eigenvalue weighted by Gasteiger charge is 2.36. The number of amides is 2. The molecule has 10 nitrogen and oxygen atoms in total. The molecule has 0 spiro atoms. The first-order valence-corrected chi connectivity index (χ1v) is 10.6. The van der Waals surface area contributed by atoms with E-state index in [1.165, 1.54) is 23.0 Å². The van der Waals surface area contributed by atoms with Gasteiger partial charge in [0.1, 0.15) is 12.4 Å². The second-order valence-corrected chi connectivity index (χ2v) is 7.66. The van der Waals surface area contributed by atoms with E-state index in [0.717, 1.165) is 0 Å². The van der Waals surface area contributed by atoms with Crippen molar-refractivity contribution in [1.29, 1.82) is 0 Å². The minimum Gasteiger partial charge on any atom is -0.474 e. The molecule has 0 radical (unpaired) electrons. The number of anilines is 2. The topological polar surface area (TPSA) is 95.0 Å². The molecule has 1 N–H and O–H groups in total. The Morgan fingerprint density at radius 3 is 2.69 bits per heavy atom. The zero-order valence-electron chi connectivity index (χ0n) is 18.0. The van der Waals surface area contributed by atoms with E-state index in [-0.39, 0.29) is 37.4 Å². The predicted octanol–water partition coefficient (Wildman–Crippen LogP) is 0.629. The molecule has 2 amide bonds. The number of cyclic esters (lactones) is 1. The minimum absolute atomic E-state index is 0.0825. The van der Waals surface area contributed by atoms with Gasteiger partial charge in [0.25, 0.3) is 5.17 Å². The van der Waals surface area contributed by atoms with Gasteiger partial charge in [0.2, 0.25) is 5.91 Å². The van der Waals surface area contributed by atoms with Crippen molar-refractivity contribution >= 4 is 40.8 Å². The number of carbonyl (C=O) groups is 2. The first-order valence-electron chi connectivity index (χ1n) is 10.2. The van der Waals surface area contributed by atoms with Crippen molar-refractivity contribution in [3.05, 3.63) is 24.0 Å². The number of aliphatic hydroxyl groups is 1. The summed E-state index contributed by atoms with van der Waals surface area (Å²) in [5.41, 5.74) is 0.782. The number of hydrogen-bond donors (Lipinski definition) is 1. The Kier molecular flexibility index (Phi) is 8.04. The van der Waals surface area contributed by atoms with E-state index in [1.807, 2.05) is 4.90 Å². The number of piperazine rings is 1. The quantitative estimate of drug-likeness (QED) is 0.455. The highest BCUT2D eigenvalue weighted by atomic mass is 32.1. The van der Waals surface area contributed by atoms with E-state index in [2.05, 4.69) is 0 Å². The number of halogens is 1. The lowest BCUT2D eigenvalue weighted by atomic mass is 10.2. The number of ether oxygens (including phenoxy) is 3. The van der Waals surface area contributed by atoms with Gasteiger partial charge < -0.3 is 29.1 Å². The molecule has 1 aromatic carbocycles. The normalized spacial score (nSPS) is 18.6. The molecule has 0 aliphatic carbocycles. The standard InChI is InChI=1S/C20H27FN4O6S/c1-22(20(32)29-2)18-12-25(19(28)31-18)14-3-4-16(15(21)11-14)23-5-7-24(8-6-23)17(27)13-30-10-9-26/h3-4,11,18,26H,5-10,12-13H2,1-2H3. The summed E-state index contributed by atoms with van der Waals surface area (Å²) in [7, 11) is 3.09. The lowest BCUT2D eigenvalue weighted by Gasteiger charge is -2.36. The van der Waals surface area contributed by atoms with Crippen molar-refractivity contribution in [3.8, 4) is 0 Å². The molecule has 2 aliphatic heterocycles. The molecular formula is C20H27FN4O6S. The number of thiocarbonyl (C=S) groups is 1. The van der Waals surface area contributed by atoms with Crippen LogP contribution in [0.2, 0.25) is 0 Å². The number of benzene rings is 1. The van der Waals surface area contributed by atoms with Crippen LogP contribution in [-0.2, 0) is 19.0 Å². The van der Waals surface area contributed by atoms with E-state index in [4.69, 9.17) is 31.5 Å². The summed E-state index contributed by atoms with van der Waals surface area (Å²) in [6, 6.07) is 4.58. The molecule has 3 rings (SSSR count). The highest BCUT2D eigenvalue weighted by Crippen LogP contribution is 2.29. The Morgan fingerprint density at radius 2 is 2.06 bits per heavy atom. The van der Waals surface area contributed by atoms with Gasteiger partial charge >= 0.3 is 6.09 Å². The van der Waals surface area contributed by atoms with E-state index >= 15 is 0 Å². The largest absolute Gasteiger partial charge is 0.474 e. The Labute approximate surface area is 191 Å². The minimum atomic E-state index is -0.635. The van der Waals surface area contributed by atoms with Crippen LogP contribution < -0.4 is 9.80 Å². The molecule has 2 heterocycles. The fourth-order valence-corrected chi connectivity index (χ4v) is 3.67. The van der Waals surface area contributed by atoms with Gasteiger partial charge in [0.15, 0.2) is 6.23 Å². The van der Waals surface area contributed by atoms with Gasteiger partial charge in [-0.1, -0.05) is 0 Å². The number of methoxy groups -OCH3 is 1. The number of carbonyl (C=O) groups excluding carboxylic acids is 2. The zero-order valence-corrected chi connectivity index (χ0v) is 18.8. The summed E-state index contributed by atoms with van der Waals surface area (Å²) in [4.78, 5) is 30.8. The van der Waals surface area contributed by atoms with Crippen LogP contribution in [-0.4, -0.2) is 105 Å². The van der Waals surface area contributed by atoms with Crippen molar-refractivity contribution < 1.29 is 33.3 Å². The summed E-state index contributed by atoms with van der Waals surface area (Å²) in [6.45, 7) is 1.89. The van der Waals surface area contributed by atoms with Crippen molar-refractivity contribution in [2.45, 2.75) is 6.23 Å². The Morgan fingerprint density at radius 1 is 1.34 bits per heavy atom. The second kappa shape index (κ2) is 10.7. The second-order valence-electron chi connectivity index (χ2n) is 7.31. The van der Waals surface area contributed by atoms with E-state index in [0.29, 0.717) is 37.6 Å². The fourth-order valence-electron chi connectivity index (χ4n) is 3.55. The molecule has 12 heteroatoms. The van der Waals surface area contributed by atoms with Crippen molar-refractivity contribution in [1.82, 2.24) is 9.80 Å². The van der Waals surface area contributed by atoms with Crippen LogP contribution in [0.1, 0.15) is 0 Å². The van der Waals surface area contributed by atoms with Gasteiger partial charge in [-0.15, -0.1) is 0 Å². The number of nitrogens with zero attached hydrogens (tertiary/aromatic N) is 4. The van der Waals surface area contributed by atoms with Gasteiger partial charge in [-0.2, -0.15) is 0 Å². The lowest BCUT2D eigenvalue weighted by molar-refractivity contribution is -0.136. The van der Waals surface area contributed by atoms with E-state index < -0.39 is 18.1 Å². The third kappa shape index (κ3) is 5.37. The Bertz CT molecular complexity index is 851. The maximum absolute atomic E-state index is 14.9. The average Bonchev–Trinajstić information content (AvgIpc) is 3.19. The Balaban J connectivity index is 1.60. The third-order valence-corrected chi connectivity index (χ3v) is 5.82. The van der Waals surface area contributed by atoms with Gasteiger partial charge in [0.05, 0.1) is 38.2 Å². The summed E-state index contributed by atoms with van der Waals surface area (Å²) < 4.78 is 30.3. The van der Waals surface area contributed by atoms with Crippen LogP contribution in [0.15, 0.2) is 18.2 Å². The number of hydrogen-bond acceptors (Lipinski definition) is 8. The summed E-state index contributed by atoms with van der Waals surface area (Å²) in [5.74, 6) is -0.625. The van der Waals surface area contributed by atoms with Crippen LogP contribution in [0.25, 0.3) is 0 Å². The number of likely N-dealkylation sites (N-methyl/N-ethyl adjacent to an activating group) is 1. The van der Waals surface area contributed by atoms with Crippen molar-refractivity contribution in [3.63, 3.8) is 0 Å². The van der Waals surface area contributed by atoms with Crippen molar-refractivity contribution in [2.24, 2.45) is 0 Å². The van der Waals surface area contributed by atoms with Crippen LogP contribution >= 0.6 is 12.2 Å². The first-order chi connectivity index (χ1) is 15.3. The van der Waals surface area contributed by atoms with E-state index in [9.17, 15) is 14.0 Å². The van der Waals surface area contributed by atoms with Crippen LogP contribution in [0.5, 0.6) is 0 Å². The molecule has 0 aromatic heterocycles. The van der Waals surface area contributed by atoms with Gasteiger partial charge in [-0.05, 0) is 30.4 Å². The molecule has 2 saturated heterocycles. The molecule has 0 bridgehead atoms. The first kappa shape index (κ1) is 24.0. The van der Waals surface area contributed by atoms with Crippen molar-refractivity contribution in [2.75, 3.05) is 76.5 Å². The molecule has 176 valence electrons. The molecule has 0 saturated carbocycles. The van der Waals surface area contributed by atoms with Gasteiger partial charge in [0, 0.05) is 33.2 Å². The number of aliphatic hydroxyl groups excluding tert-OH is 1. The summed E-state index contributed by atoms with van der Waals surface area (Å²) in [5, 5.41) is 8.90. The molecule has 2 aliphatic rings. The maximum atomic E-state index is 14.9. The summed E-state index contributed by atoms with van der Waals surface area (Å²) >= 11 is 5.06. The van der Waals surface area contributed by atoms with Crippen LogP contribution in [0, 0.1) is 5.82 Å². The predicted molar refractivity (Wildman–Crippen MR) is 118 cm³/mol. The molecule has 2 fully saturated rings. The molecule has 1 aromatic rings. The molecule has 32 heavy (non-hydrogen) atoms. The molecule has 1 atom stereocenters. The smallest absolute Gasteiger partial charge is 0.416 e. The van der Waals surface area contributed by atoms with Gasteiger partial charge in [-0.25, -0.2) is 9.18 Å². The van der Waals surface area contributed by atoms with Gasteiger partial charge in [-0.3, -0.25) is 14.6 Å². The van der Waals surface area contributed by atoms with E-state index in [1.54, 1.807) is 24.1 Å². The molecular weight excluding hydrogens is 443 g/mol. The fraction of sp³-hybridized carbons (Fsp3) is 0.550. The van der Waals surface area contributed by atoms with Crippen LogP contribution in [0.3, 0.4) is 0 Å². The SMILES string of the molecule is COC(=S)N(C)C1CN(c2ccc(N3CCN(C(=O)COCCO)CC3)c(F)c2)C(=O)O1. The third-order valence-electron chi connectivity index (χ3n) is 5.37.